The fourth-order valence-electron chi connectivity index (χ4n) is 3.17. The number of fused-ring (bicyclic) bond motifs is 2. The summed E-state index contributed by atoms with van der Waals surface area (Å²) in [4.78, 5) is 25.7. The Morgan fingerprint density at radius 2 is 1.69 bits per heavy atom. The zero-order chi connectivity index (χ0) is 18.1. The van der Waals surface area contributed by atoms with Gasteiger partial charge in [0, 0.05) is 37.5 Å². The fraction of sp³-hybridized carbons (Fsp3) is 0.263. The third-order valence-corrected chi connectivity index (χ3v) is 4.55. The van der Waals surface area contributed by atoms with Crippen LogP contribution < -0.4 is 20.1 Å². The van der Waals surface area contributed by atoms with Crippen molar-refractivity contribution in [3.05, 3.63) is 47.5 Å². The molecular weight excluding hydrogens is 334 g/mol. The fourth-order valence-corrected chi connectivity index (χ4v) is 3.17. The number of anilines is 2. The molecule has 7 nitrogen and oxygen atoms in total. The van der Waals surface area contributed by atoms with Gasteiger partial charge in [0.2, 0.25) is 12.7 Å². The molecule has 0 saturated carbocycles. The largest absolute Gasteiger partial charge is 0.454 e. The number of urea groups is 1. The molecule has 0 atom stereocenters. The molecule has 0 aromatic heterocycles. The van der Waals surface area contributed by atoms with Crippen molar-refractivity contribution in [1.82, 2.24) is 4.90 Å². The number of carbonyl (C=O) groups is 2. The van der Waals surface area contributed by atoms with Gasteiger partial charge in [0.1, 0.15) is 0 Å². The molecule has 2 heterocycles. The van der Waals surface area contributed by atoms with Crippen molar-refractivity contribution in [2.24, 2.45) is 0 Å². The maximum absolute atomic E-state index is 12.3. The summed E-state index contributed by atoms with van der Waals surface area (Å²) in [6.07, 6.45) is 0.832. The first-order chi connectivity index (χ1) is 12.6. The number of hydrogen-bond acceptors (Lipinski definition) is 4. The van der Waals surface area contributed by atoms with Crippen molar-refractivity contribution in [2.45, 2.75) is 19.9 Å². The van der Waals surface area contributed by atoms with Crippen LogP contribution in [0.15, 0.2) is 36.4 Å². The average molecular weight is 353 g/mol. The summed E-state index contributed by atoms with van der Waals surface area (Å²) in [5.74, 6) is 1.34. The molecule has 2 aliphatic heterocycles. The average Bonchev–Trinajstić information content (AvgIpc) is 3.08. The van der Waals surface area contributed by atoms with Crippen LogP contribution in [0.2, 0.25) is 0 Å². The molecule has 0 fully saturated rings. The van der Waals surface area contributed by atoms with Crippen LogP contribution in [0.25, 0.3) is 0 Å². The quantitative estimate of drug-likeness (QED) is 0.870. The van der Waals surface area contributed by atoms with Crippen molar-refractivity contribution in [3.63, 3.8) is 0 Å². The lowest BCUT2D eigenvalue weighted by Gasteiger charge is -2.28. The van der Waals surface area contributed by atoms with Gasteiger partial charge < -0.3 is 25.0 Å². The van der Waals surface area contributed by atoms with E-state index in [2.05, 4.69) is 10.6 Å². The van der Waals surface area contributed by atoms with Crippen LogP contribution in [0.4, 0.5) is 16.2 Å². The molecule has 0 bridgehead atoms. The molecule has 4 rings (SSSR count). The number of ether oxygens (including phenoxy) is 2. The summed E-state index contributed by atoms with van der Waals surface area (Å²) < 4.78 is 10.6. The third-order valence-electron chi connectivity index (χ3n) is 4.55. The van der Waals surface area contributed by atoms with E-state index < -0.39 is 0 Å². The van der Waals surface area contributed by atoms with E-state index in [0.717, 1.165) is 18.5 Å². The number of carbonyl (C=O) groups excluding carboxylic acids is 2. The molecule has 0 radical (unpaired) electrons. The molecule has 7 heteroatoms. The second kappa shape index (κ2) is 6.59. The molecule has 2 aliphatic rings. The Hall–Kier alpha value is -3.22. The molecule has 0 unspecified atom stereocenters. The van der Waals surface area contributed by atoms with Gasteiger partial charge in [-0.1, -0.05) is 6.07 Å². The summed E-state index contributed by atoms with van der Waals surface area (Å²) in [5.41, 5.74) is 3.58. The monoisotopic (exact) mass is 353 g/mol. The number of nitrogens with zero attached hydrogens (tertiary/aromatic N) is 1. The van der Waals surface area contributed by atoms with Gasteiger partial charge in [-0.3, -0.25) is 4.79 Å². The maximum Gasteiger partial charge on any atom is 0.323 e. The van der Waals surface area contributed by atoms with Crippen molar-refractivity contribution in [1.29, 1.82) is 0 Å². The minimum absolute atomic E-state index is 0.0644. The van der Waals surface area contributed by atoms with Crippen LogP contribution in [-0.2, 0) is 17.8 Å². The third kappa shape index (κ3) is 3.28. The van der Waals surface area contributed by atoms with Crippen molar-refractivity contribution in [3.8, 4) is 11.5 Å². The topological polar surface area (TPSA) is 79.9 Å². The summed E-state index contributed by atoms with van der Waals surface area (Å²) in [5, 5.41) is 5.60. The van der Waals surface area contributed by atoms with Gasteiger partial charge >= 0.3 is 6.03 Å². The number of amides is 3. The number of rotatable bonds is 2. The Bertz CT molecular complexity index is 881. The van der Waals surface area contributed by atoms with E-state index in [1.54, 1.807) is 30.0 Å². The Morgan fingerprint density at radius 1 is 0.962 bits per heavy atom. The molecule has 134 valence electrons. The summed E-state index contributed by atoms with van der Waals surface area (Å²) in [7, 11) is 0. The zero-order valence-electron chi connectivity index (χ0n) is 14.4. The van der Waals surface area contributed by atoms with E-state index in [4.69, 9.17) is 9.47 Å². The molecule has 0 spiro atoms. The standard InChI is InChI=1S/C19H19N3O4/c1-12(23)22-7-6-13-2-3-15(8-14(13)10-22)20-19(24)21-16-4-5-17-18(9-16)26-11-25-17/h2-5,8-9H,6-7,10-11H2,1H3,(H2,20,21,24). The van der Waals surface area contributed by atoms with Crippen LogP contribution in [0.5, 0.6) is 11.5 Å². The molecule has 26 heavy (non-hydrogen) atoms. The predicted molar refractivity (Wildman–Crippen MR) is 96.4 cm³/mol. The molecule has 2 N–H and O–H groups in total. The van der Waals surface area contributed by atoms with E-state index in [9.17, 15) is 9.59 Å². The molecule has 0 aliphatic carbocycles. The second-order valence-electron chi connectivity index (χ2n) is 6.32. The molecule has 2 aromatic rings. The maximum atomic E-state index is 12.3. The second-order valence-corrected chi connectivity index (χ2v) is 6.32. The minimum atomic E-state index is -0.344. The first kappa shape index (κ1) is 16.3. The van der Waals surface area contributed by atoms with Gasteiger partial charge in [-0.05, 0) is 41.8 Å². The normalized spacial score (nSPS) is 14.6. The van der Waals surface area contributed by atoms with Crippen LogP contribution in [0.1, 0.15) is 18.1 Å². The van der Waals surface area contributed by atoms with E-state index in [0.29, 0.717) is 29.4 Å². The van der Waals surface area contributed by atoms with Crippen LogP contribution >= 0.6 is 0 Å². The summed E-state index contributed by atoms with van der Waals surface area (Å²) in [6.45, 7) is 3.08. The minimum Gasteiger partial charge on any atom is -0.454 e. The first-order valence-electron chi connectivity index (χ1n) is 8.43. The van der Waals surface area contributed by atoms with Gasteiger partial charge in [-0.2, -0.15) is 0 Å². The highest BCUT2D eigenvalue weighted by Crippen LogP contribution is 2.34. The van der Waals surface area contributed by atoms with Gasteiger partial charge in [0.15, 0.2) is 11.5 Å². The zero-order valence-corrected chi connectivity index (χ0v) is 14.4. The van der Waals surface area contributed by atoms with Crippen molar-refractivity contribution >= 4 is 23.3 Å². The SMILES string of the molecule is CC(=O)N1CCc2ccc(NC(=O)Nc3ccc4c(c3)OCO4)cc2C1. The van der Waals surface area contributed by atoms with Crippen LogP contribution in [-0.4, -0.2) is 30.2 Å². The van der Waals surface area contributed by atoms with E-state index in [1.807, 2.05) is 18.2 Å². The predicted octanol–water partition coefficient (Wildman–Crippen LogP) is 2.96. The number of hydrogen-bond donors (Lipinski definition) is 2. The smallest absolute Gasteiger partial charge is 0.323 e. The molecule has 0 saturated heterocycles. The van der Waals surface area contributed by atoms with Crippen LogP contribution in [0.3, 0.4) is 0 Å². The van der Waals surface area contributed by atoms with Crippen molar-refractivity contribution in [2.75, 3.05) is 24.0 Å². The Labute approximate surface area is 150 Å². The van der Waals surface area contributed by atoms with E-state index in [1.165, 1.54) is 5.56 Å². The Kier molecular flexibility index (Phi) is 4.12. The Balaban J connectivity index is 1.43. The van der Waals surface area contributed by atoms with E-state index in [-0.39, 0.29) is 18.7 Å². The lowest BCUT2D eigenvalue weighted by Crippen LogP contribution is -2.34. The van der Waals surface area contributed by atoms with Gasteiger partial charge in [0.05, 0.1) is 0 Å². The van der Waals surface area contributed by atoms with E-state index >= 15 is 0 Å². The lowest BCUT2D eigenvalue weighted by molar-refractivity contribution is -0.129. The van der Waals surface area contributed by atoms with Gasteiger partial charge in [-0.15, -0.1) is 0 Å². The van der Waals surface area contributed by atoms with Crippen molar-refractivity contribution < 1.29 is 19.1 Å². The first-order valence-corrected chi connectivity index (χ1v) is 8.43. The molecule has 3 amide bonds. The number of benzene rings is 2. The highest BCUT2D eigenvalue weighted by molar-refractivity contribution is 6.00. The molecule has 2 aromatic carbocycles. The summed E-state index contributed by atoms with van der Waals surface area (Å²) >= 11 is 0. The lowest BCUT2D eigenvalue weighted by atomic mass is 9.99. The highest BCUT2D eigenvalue weighted by atomic mass is 16.7. The van der Waals surface area contributed by atoms with Crippen LogP contribution in [0, 0.1) is 0 Å². The summed E-state index contributed by atoms with van der Waals surface area (Å²) in [6, 6.07) is 10.7. The number of nitrogens with one attached hydrogen (secondary N) is 2. The van der Waals surface area contributed by atoms with Gasteiger partial charge in [0.25, 0.3) is 0 Å². The Morgan fingerprint density at radius 3 is 2.50 bits per heavy atom. The molecular formula is C19H19N3O4. The highest BCUT2D eigenvalue weighted by Gasteiger charge is 2.19. The van der Waals surface area contributed by atoms with Gasteiger partial charge in [-0.25, -0.2) is 4.79 Å².